The van der Waals surface area contributed by atoms with Crippen molar-refractivity contribution in [3.63, 3.8) is 0 Å². The molecule has 0 atom stereocenters. The Labute approximate surface area is 109 Å². The van der Waals surface area contributed by atoms with Crippen LogP contribution in [0.25, 0.3) is 0 Å². The van der Waals surface area contributed by atoms with Crippen LogP contribution >= 0.6 is 0 Å². The molecule has 1 aliphatic carbocycles. The number of hydrogen-bond acceptors (Lipinski definition) is 3. The second kappa shape index (κ2) is 5.41. The molecule has 1 fully saturated rings. The first-order valence-electron chi connectivity index (χ1n) is 6.82. The SMILES string of the molecule is Cc1cc(CC(CO)(CO)C2CCCC2)n(C)n1. The Hall–Kier alpha value is -0.870. The van der Waals surface area contributed by atoms with Crippen molar-refractivity contribution in [3.05, 3.63) is 17.5 Å². The van der Waals surface area contributed by atoms with Crippen LogP contribution in [0.3, 0.4) is 0 Å². The first-order valence-corrected chi connectivity index (χ1v) is 6.82. The Balaban J connectivity index is 2.22. The van der Waals surface area contributed by atoms with Crippen LogP contribution in [0.15, 0.2) is 6.07 Å². The largest absolute Gasteiger partial charge is 0.396 e. The minimum atomic E-state index is -0.378. The molecule has 0 radical (unpaired) electrons. The zero-order chi connectivity index (χ0) is 13.2. The molecule has 1 heterocycles. The van der Waals surface area contributed by atoms with Gasteiger partial charge in [-0.25, -0.2) is 0 Å². The monoisotopic (exact) mass is 252 g/mol. The molecular formula is C14H24N2O2. The first-order chi connectivity index (χ1) is 8.61. The summed E-state index contributed by atoms with van der Waals surface area (Å²) in [6.45, 7) is 2.08. The third kappa shape index (κ3) is 2.45. The van der Waals surface area contributed by atoms with Gasteiger partial charge in [-0.15, -0.1) is 0 Å². The lowest BCUT2D eigenvalue weighted by molar-refractivity contribution is 0.00434. The van der Waals surface area contributed by atoms with Crippen molar-refractivity contribution in [1.82, 2.24) is 9.78 Å². The van der Waals surface area contributed by atoms with Gasteiger partial charge in [-0.05, 0) is 38.2 Å². The van der Waals surface area contributed by atoms with E-state index in [-0.39, 0.29) is 18.6 Å². The number of aryl methyl sites for hydroxylation is 2. The highest BCUT2D eigenvalue weighted by Gasteiger charge is 2.40. The molecule has 2 rings (SSSR count). The van der Waals surface area contributed by atoms with Crippen molar-refractivity contribution in [2.75, 3.05) is 13.2 Å². The summed E-state index contributed by atoms with van der Waals surface area (Å²) in [5, 5.41) is 24.0. The summed E-state index contributed by atoms with van der Waals surface area (Å²) in [5.74, 6) is 0.433. The fourth-order valence-electron chi connectivity index (χ4n) is 3.29. The lowest BCUT2D eigenvalue weighted by Gasteiger charge is -2.36. The van der Waals surface area contributed by atoms with Gasteiger partial charge in [0.05, 0.1) is 18.9 Å². The van der Waals surface area contributed by atoms with Crippen LogP contribution in [0.2, 0.25) is 0 Å². The maximum atomic E-state index is 9.81. The maximum Gasteiger partial charge on any atom is 0.0596 e. The summed E-state index contributed by atoms with van der Waals surface area (Å²) in [6.07, 6.45) is 5.39. The minimum Gasteiger partial charge on any atom is -0.396 e. The van der Waals surface area contributed by atoms with Crippen molar-refractivity contribution >= 4 is 0 Å². The average molecular weight is 252 g/mol. The van der Waals surface area contributed by atoms with Crippen LogP contribution in [0.4, 0.5) is 0 Å². The van der Waals surface area contributed by atoms with Gasteiger partial charge in [0.2, 0.25) is 0 Å². The van der Waals surface area contributed by atoms with Gasteiger partial charge >= 0.3 is 0 Å². The van der Waals surface area contributed by atoms with Gasteiger partial charge in [-0.1, -0.05) is 12.8 Å². The summed E-state index contributed by atoms with van der Waals surface area (Å²) in [6, 6.07) is 2.05. The van der Waals surface area contributed by atoms with E-state index in [9.17, 15) is 10.2 Å². The van der Waals surface area contributed by atoms with Crippen LogP contribution in [0, 0.1) is 18.3 Å². The van der Waals surface area contributed by atoms with E-state index in [0.717, 1.165) is 24.2 Å². The smallest absolute Gasteiger partial charge is 0.0596 e. The van der Waals surface area contributed by atoms with Gasteiger partial charge in [0, 0.05) is 18.2 Å². The quantitative estimate of drug-likeness (QED) is 0.833. The van der Waals surface area contributed by atoms with Crippen LogP contribution in [-0.4, -0.2) is 33.2 Å². The molecule has 102 valence electrons. The second-order valence-corrected chi connectivity index (χ2v) is 5.74. The van der Waals surface area contributed by atoms with Crippen LogP contribution in [0.5, 0.6) is 0 Å². The fraction of sp³-hybridized carbons (Fsp3) is 0.786. The molecule has 0 bridgehead atoms. The lowest BCUT2D eigenvalue weighted by atomic mass is 9.72. The topological polar surface area (TPSA) is 58.3 Å². The molecule has 0 unspecified atom stereocenters. The van der Waals surface area contributed by atoms with E-state index in [1.54, 1.807) is 0 Å². The molecule has 0 saturated heterocycles. The molecular weight excluding hydrogens is 228 g/mol. The van der Waals surface area contributed by atoms with Crippen molar-refractivity contribution in [1.29, 1.82) is 0 Å². The number of aromatic nitrogens is 2. The zero-order valence-electron chi connectivity index (χ0n) is 11.4. The molecule has 1 saturated carbocycles. The van der Waals surface area contributed by atoms with E-state index >= 15 is 0 Å². The number of aliphatic hydroxyl groups is 2. The van der Waals surface area contributed by atoms with E-state index in [2.05, 4.69) is 11.2 Å². The van der Waals surface area contributed by atoms with E-state index in [4.69, 9.17) is 0 Å². The Morgan fingerprint density at radius 3 is 2.39 bits per heavy atom. The van der Waals surface area contributed by atoms with Crippen molar-refractivity contribution in [2.24, 2.45) is 18.4 Å². The summed E-state index contributed by atoms with van der Waals surface area (Å²) in [4.78, 5) is 0. The molecule has 1 aromatic rings. The van der Waals surface area contributed by atoms with Crippen LogP contribution in [0.1, 0.15) is 37.1 Å². The van der Waals surface area contributed by atoms with Crippen LogP contribution < -0.4 is 0 Å². The number of rotatable bonds is 5. The predicted octanol–water partition coefficient (Wildman–Crippen LogP) is 1.43. The predicted molar refractivity (Wildman–Crippen MR) is 70.2 cm³/mol. The summed E-state index contributed by atoms with van der Waals surface area (Å²) >= 11 is 0. The minimum absolute atomic E-state index is 0.0540. The molecule has 0 aliphatic heterocycles. The standard InChI is InChI=1S/C14H24N2O2/c1-11-7-13(16(2)15-11)8-14(9-17,10-18)12-5-3-4-6-12/h7,12,17-18H,3-6,8-10H2,1-2H3. The normalized spacial score (nSPS) is 17.6. The molecule has 1 aromatic heterocycles. The highest BCUT2D eigenvalue weighted by molar-refractivity contribution is 5.12. The van der Waals surface area contributed by atoms with E-state index in [1.807, 2.05) is 18.7 Å². The number of aliphatic hydroxyl groups excluding tert-OH is 2. The molecule has 0 amide bonds. The highest BCUT2D eigenvalue weighted by Crippen LogP contribution is 2.41. The van der Waals surface area contributed by atoms with Gasteiger partial charge in [0.15, 0.2) is 0 Å². The van der Waals surface area contributed by atoms with Gasteiger partial charge < -0.3 is 10.2 Å². The molecule has 0 aromatic carbocycles. The summed E-state index contributed by atoms with van der Waals surface area (Å²) in [7, 11) is 1.93. The Bertz CT molecular complexity index is 390. The van der Waals surface area contributed by atoms with Crippen molar-refractivity contribution in [3.8, 4) is 0 Å². The van der Waals surface area contributed by atoms with Crippen molar-refractivity contribution < 1.29 is 10.2 Å². The fourth-order valence-corrected chi connectivity index (χ4v) is 3.29. The van der Waals surface area contributed by atoms with Crippen molar-refractivity contribution in [2.45, 2.75) is 39.0 Å². The Kier molecular flexibility index (Phi) is 4.07. The van der Waals surface area contributed by atoms with Crippen LogP contribution in [-0.2, 0) is 13.5 Å². The molecule has 0 spiro atoms. The Morgan fingerprint density at radius 2 is 1.94 bits per heavy atom. The van der Waals surface area contributed by atoms with Gasteiger partial charge in [0.1, 0.15) is 0 Å². The van der Waals surface area contributed by atoms with Gasteiger partial charge in [-0.3, -0.25) is 4.68 Å². The maximum absolute atomic E-state index is 9.81. The molecule has 2 N–H and O–H groups in total. The summed E-state index contributed by atoms with van der Waals surface area (Å²) in [5.41, 5.74) is 1.71. The summed E-state index contributed by atoms with van der Waals surface area (Å²) < 4.78 is 1.87. The molecule has 4 heteroatoms. The molecule has 1 aliphatic rings. The first kappa shape index (κ1) is 13.6. The third-order valence-corrected chi connectivity index (χ3v) is 4.48. The van der Waals surface area contributed by atoms with E-state index in [1.165, 1.54) is 12.8 Å². The number of nitrogens with zero attached hydrogens (tertiary/aromatic N) is 2. The molecule has 18 heavy (non-hydrogen) atoms. The molecule has 4 nitrogen and oxygen atoms in total. The Morgan fingerprint density at radius 1 is 1.33 bits per heavy atom. The highest BCUT2D eigenvalue weighted by atomic mass is 16.3. The third-order valence-electron chi connectivity index (χ3n) is 4.48. The lowest BCUT2D eigenvalue weighted by Crippen LogP contribution is -2.39. The van der Waals surface area contributed by atoms with Gasteiger partial charge in [0.25, 0.3) is 0 Å². The van der Waals surface area contributed by atoms with E-state index in [0.29, 0.717) is 12.3 Å². The van der Waals surface area contributed by atoms with E-state index < -0.39 is 0 Å². The zero-order valence-corrected chi connectivity index (χ0v) is 11.4. The second-order valence-electron chi connectivity index (χ2n) is 5.74. The number of hydrogen-bond donors (Lipinski definition) is 2. The average Bonchev–Trinajstić information content (AvgIpc) is 2.97. The van der Waals surface area contributed by atoms with Gasteiger partial charge in [-0.2, -0.15) is 5.10 Å².